The van der Waals surface area contributed by atoms with E-state index in [1.165, 1.54) is 0 Å². The lowest BCUT2D eigenvalue weighted by molar-refractivity contribution is 0.103. The van der Waals surface area contributed by atoms with E-state index in [4.69, 9.17) is 20.9 Å². The summed E-state index contributed by atoms with van der Waals surface area (Å²) in [5.74, 6) is 1.90. The number of carbonyl (C=O) groups excluding carboxylic acids is 1. The molecule has 1 aromatic carbocycles. The summed E-state index contributed by atoms with van der Waals surface area (Å²) < 4.78 is 11.5. The van der Waals surface area contributed by atoms with Crippen LogP contribution in [0.4, 0.5) is 0 Å². The minimum atomic E-state index is -0.222. The van der Waals surface area contributed by atoms with Gasteiger partial charge in [0.15, 0.2) is 5.78 Å². The van der Waals surface area contributed by atoms with Gasteiger partial charge >= 0.3 is 0 Å². The summed E-state index contributed by atoms with van der Waals surface area (Å²) in [5.41, 5.74) is 13.0. The van der Waals surface area contributed by atoms with Gasteiger partial charge in [0.25, 0.3) is 0 Å². The highest BCUT2D eigenvalue weighted by molar-refractivity contribution is 6.10. The molecule has 0 bridgehead atoms. The molecular formula is C29H32N2O3. The van der Waals surface area contributed by atoms with Crippen LogP contribution in [-0.4, -0.2) is 5.78 Å². The summed E-state index contributed by atoms with van der Waals surface area (Å²) in [7, 11) is 0. The Kier molecular flexibility index (Phi) is 11.8. The zero-order valence-electron chi connectivity index (χ0n) is 19.8. The van der Waals surface area contributed by atoms with E-state index in [2.05, 4.69) is 26.3 Å². The van der Waals surface area contributed by atoms with Crippen molar-refractivity contribution < 1.29 is 14.3 Å². The summed E-state index contributed by atoms with van der Waals surface area (Å²) in [5, 5.41) is 0. The minimum absolute atomic E-state index is 0.222. The number of hydrogen-bond donors (Lipinski definition) is 2. The molecule has 1 aromatic rings. The Hall–Kier alpha value is -4.51. The molecule has 0 aliphatic carbocycles. The van der Waals surface area contributed by atoms with Crippen LogP contribution in [0.1, 0.15) is 24.2 Å². The van der Waals surface area contributed by atoms with Crippen LogP contribution >= 0.6 is 0 Å². The van der Waals surface area contributed by atoms with Crippen LogP contribution < -0.4 is 16.2 Å². The largest absolute Gasteiger partial charge is 0.458 e. The summed E-state index contributed by atoms with van der Waals surface area (Å²) in [6, 6.07) is 6.73. The molecular weight excluding hydrogens is 424 g/mol. The average molecular weight is 457 g/mol. The van der Waals surface area contributed by atoms with Gasteiger partial charge in [0.05, 0.1) is 0 Å². The SMILES string of the molecule is C=C/C=C(\C=C/C(=C)N)Oc1ccc(C(=O)C(=C)/C=C\C(=C/C)O/C(C=C)=C/C=C(\C)N)cc1. The van der Waals surface area contributed by atoms with Gasteiger partial charge in [-0.05, 0) is 92.8 Å². The molecule has 0 unspecified atom stereocenters. The van der Waals surface area contributed by atoms with Crippen molar-refractivity contribution in [3.8, 4) is 5.75 Å². The Labute approximate surface area is 202 Å². The quantitative estimate of drug-likeness (QED) is 0.157. The van der Waals surface area contributed by atoms with Gasteiger partial charge in [-0.1, -0.05) is 32.4 Å². The minimum Gasteiger partial charge on any atom is -0.458 e. The average Bonchev–Trinajstić information content (AvgIpc) is 2.82. The monoisotopic (exact) mass is 456 g/mol. The van der Waals surface area contributed by atoms with E-state index in [1.807, 2.05) is 6.92 Å². The van der Waals surface area contributed by atoms with E-state index in [0.29, 0.717) is 45.6 Å². The molecule has 0 heterocycles. The van der Waals surface area contributed by atoms with Crippen LogP contribution in [0.5, 0.6) is 5.75 Å². The first kappa shape index (κ1) is 27.5. The highest BCUT2D eigenvalue weighted by atomic mass is 16.5. The molecule has 0 aliphatic heterocycles. The second kappa shape index (κ2) is 14.5. The third-order valence-electron chi connectivity index (χ3n) is 4.07. The number of carbonyl (C=O) groups is 1. The van der Waals surface area contributed by atoms with Crippen LogP contribution in [0.2, 0.25) is 0 Å². The molecule has 5 heteroatoms. The summed E-state index contributed by atoms with van der Waals surface area (Å²) >= 11 is 0. The molecule has 0 amide bonds. The van der Waals surface area contributed by atoms with Crippen molar-refractivity contribution in [1.82, 2.24) is 0 Å². The maximum absolute atomic E-state index is 12.8. The van der Waals surface area contributed by atoms with E-state index in [0.717, 1.165) is 0 Å². The fourth-order valence-corrected chi connectivity index (χ4v) is 2.37. The van der Waals surface area contributed by atoms with Crippen molar-refractivity contribution in [2.24, 2.45) is 11.5 Å². The number of allylic oxidation sites excluding steroid dienone is 12. The van der Waals surface area contributed by atoms with E-state index < -0.39 is 0 Å². The van der Waals surface area contributed by atoms with Crippen molar-refractivity contribution in [2.45, 2.75) is 13.8 Å². The molecule has 34 heavy (non-hydrogen) atoms. The first-order valence-corrected chi connectivity index (χ1v) is 10.5. The summed E-state index contributed by atoms with van der Waals surface area (Å²) in [6.07, 6.45) is 16.6. The number of nitrogens with two attached hydrogens (primary N) is 2. The number of benzene rings is 1. The molecule has 0 atom stereocenters. The molecule has 0 radical (unpaired) electrons. The normalized spacial score (nSPS) is 13.1. The van der Waals surface area contributed by atoms with E-state index >= 15 is 0 Å². The second-order valence-electron chi connectivity index (χ2n) is 7.00. The molecule has 0 aromatic heterocycles. The van der Waals surface area contributed by atoms with Crippen molar-refractivity contribution >= 4 is 5.78 Å². The van der Waals surface area contributed by atoms with Crippen LogP contribution in [0.3, 0.4) is 0 Å². The third kappa shape index (κ3) is 10.2. The number of Topliss-reactive ketones (excluding diaryl/α,β-unsaturated/α-hetero) is 1. The van der Waals surface area contributed by atoms with Crippen molar-refractivity contribution in [3.63, 3.8) is 0 Å². The fourth-order valence-electron chi connectivity index (χ4n) is 2.37. The number of hydrogen-bond acceptors (Lipinski definition) is 5. The summed E-state index contributed by atoms with van der Waals surface area (Å²) in [6.45, 7) is 18.5. The predicted octanol–water partition coefficient (Wildman–Crippen LogP) is 6.31. The van der Waals surface area contributed by atoms with E-state index in [-0.39, 0.29) is 5.78 Å². The van der Waals surface area contributed by atoms with Gasteiger partial charge in [0.2, 0.25) is 0 Å². The third-order valence-corrected chi connectivity index (χ3v) is 4.07. The Bertz CT molecular complexity index is 1100. The highest BCUT2D eigenvalue weighted by Crippen LogP contribution is 2.19. The molecule has 176 valence electrons. The smallest absolute Gasteiger partial charge is 0.192 e. The molecule has 0 spiro atoms. The lowest BCUT2D eigenvalue weighted by Crippen LogP contribution is -2.01. The molecule has 0 aliphatic rings. The van der Waals surface area contributed by atoms with Gasteiger partial charge < -0.3 is 20.9 Å². The lowest BCUT2D eigenvalue weighted by atomic mass is 10.0. The maximum atomic E-state index is 12.8. The lowest BCUT2D eigenvalue weighted by Gasteiger charge is -2.08. The number of ether oxygens (including phenoxy) is 2. The first-order chi connectivity index (χ1) is 16.2. The number of ketones is 1. The van der Waals surface area contributed by atoms with Crippen molar-refractivity contribution in [1.29, 1.82) is 0 Å². The van der Waals surface area contributed by atoms with Gasteiger partial charge in [0, 0.05) is 22.5 Å². The van der Waals surface area contributed by atoms with Gasteiger partial charge in [-0.2, -0.15) is 0 Å². The van der Waals surface area contributed by atoms with Gasteiger partial charge in [-0.15, -0.1) is 0 Å². The van der Waals surface area contributed by atoms with E-state index in [9.17, 15) is 4.79 Å². The second-order valence-corrected chi connectivity index (χ2v) is 7.00. The Balaban J connectivity index is 2.89. The fraction of sp³-hybridized carbons (Fsp3) is 0.0690. The first-order valence-electron chi connectivity index (χ1n) is 10.5. The van der Waals surface area contributed by atoms with Gasteiger partial charge in [0.1, 0.15) is 23.0 Å². The zero-order valence-corrected chi connectivity index (χ0v) is 19.8. The molecule has 5 nitrogen and oxygen atoms in total. The van der Waals surface area contributed by atoms with Crippen LogP contribution in [0, 0.1) is 0 Å². The zero-order chi connectivity index (χ0) is 25.5. The Morgan fingerprint density at radius 3 is 2.06 bits per heavy atom. The van der Waals surface area contributed by atoms with Crippen LogP contribution in [0.25, 0.3) is 0 Å². The standard InChI is InChI=1S/C29H32N2O3/c1-7-10-27(18-13-23(6)31)34-28-19-14-24(15-20-28)29(32)21(4)11-16-25(8-2)33-26(9-3)17-12-22(5)30/h7-20H,1,3-4,6,30-31H2,2,5H3/b16-11-,18-13-,22-12+,25-8+,26-17+,27-10+. The predicted molar refractivity (Wildman–Crippen MR) is 141 cm³/mol. The molecule has 4 N–H and O–H groups in total. The number of rotatable bonds is 13. The maximum Gasteiger partial charge on any atom is 0.192 e. The molecule has 0 fully saturated rings. The topological polar surface area (TPSA) is 87.6 Å². The van der Waals surface area contributed by atoms with Crippen LogP contribution in [0.15, 0.2) is 146 Å². The Morgan fingerprint density at radius 1 is 0.882 bits per heavy atom. The van der Waals surface area contributed by atoms with E-state index in [1.54, 1.807) is 91.9 Å². The molecule has 0 saturated heterocycles. The highest BCUT2D eigenvalue weighted by Gasteiger charge is 2.09. The summed E-state index contributed by atoms with van der Waals surface area (Å²) in [4.78, 5) is 12.8. The van der Waals surface area contributed by atoms with Gasteiger partial charge in [-0.25, -0.2) is 0 Å². The van der Waals surface area contributed by atoms with Gasteiger partial charge in [-0.3, -0.25) is 4.79 Å². The molecule has 1 rings (SSSR count). The molecule has 0 saturated carbocycles. The van der Waals surface area contributed by atoms with Crippen LogP contribution in [-0.2, 0) is 4.74 Å². The van der Waals surface area contributed by atoms with Crippen molar-refractivity contribution in [2.75, 3.05) is 0 Å². The Morgan fingerprint density at radius 2 is 1.53 bits per heavy atom. The van der Waals surface area contributed by atoms with Crippen molar-refractivity contribution in [3.05, 3.63) is 151 Å².